The number of ketones is 1. The van der Waals surface area contributed by atoms with Crippen LogP contribution in [0.2, 0.25) is 0 Å². The van der Waals surface area contributed by atoms with Crippen molar-refractivity contribution in [3.8, 4) is 0 Å². The first-order valence-corrected chi connectivity index (χ1v) is 19.8. The van der Waals surface area contributed by atoms with Gasteiger partial charge in [0, 0.05) is 6.54 Å². The first-order valence-electron chi connectivity index (χ1n) is 19.8. The predicted octanol–water partition coefficient (Wildman–Crippen LogP) is 6.43. The number of ether oxygens (including phenoxy) is 1. The number of esters is 1. The molecule has 2 aliphatic carbocycles. The van der Waals surface area contributed by atoms with Crippen LogP contribution in [0.25, 0.3) is 0 Å². The Kier molecular flexibility index (Phi) is 20.8. The van der Waals surface area contributed by atoms with Crippen LogP contribution in [0.15, 0.2) is 0 Å². The zero-order chi connectivity index (χ0) is 40.6. The van der Waals surface area contributed by atoms with Gasteiger partial charge in [0.1, 0.15) is 23.7 Å². The highest BCUT2D eigenvalue weighted by atomic mass is 16.6. The lowest BCUT2D eigenvalue weighted by molar-refractivity contribution is -0.160. The van der Waals surface area contributed by atoms with Gasteiger partial charge in [-0.25, -0.2) is 9.59 Å². The van der Waals surface area contributed by atoms with Crippen LogP contribution in [0, 0.1) is 22.7 Å². The minimum Gasteiger partial charge on any atom is -0.458 e. The summed E-state index contributed by atoms with van der Waals surface area (Å²) in [5.41, 5.74) is 3.29. The van der Waals surface area contributed by atoms with Gasteiger partial charge in [0.15, 0.2) is 0 Å². The van der Waals surface area contributed by atoms with E-state index in [2.05, 4.69) is 36.7 Å². The molecule has 302 valence electrons. The summed E-state index contributed by atoms with van der Waals surface area (Å²) >= 11 is 0. The molecule has 4 atom stereocenters. The van der Waals surface area contributed by atoms with Crippen molar-refractivity contribution in [2.45, 2.75) is 191 Å². The van der Waals surface area contributed by atoms with E-state index in [9.17, 15) is 28.8 Å². The summed E-state index contributed by atoms with van der Waals surface area (Å²) in [7, 11) is 0. The monoisotopic (exact) mass is 738 g/mol. The number of hydrogen-bond acceptors (Lipinski definition) is 7. The maximum absolute atomic E-state index is 14.2. The number of carbonyl (C=O) groups is 6. The summed E-state index contributed by atoms with van der Waals surface area (Å²) in [4.78, 5) is 80.0. The standard InChI is InChI=1S/C32H53N5O7.C4H10.2C2H6/c1-30(2,3)24(28(42)44-31(4,5)6)36-29(43)35-23(32(7)15-8-9-16-32)27(41)37-17-11-14-21(37)26(40)34-20(22(38)25(33)39)18-19-12-10-13-19;1-4(2)3;2*1-2/h19-21,23-24H,8-18H2,1-7H3,(H2,33,39)(H,34,40)(H2,35,36,43);4H,1-3H3;2*1-2H3. The fraction of sp³-hybridized carbons (Fsp3) is 0.850. The zero-order valence-corrected chi connectivity index (χ0v) is 35.1. The summed E-state index contributed by atoms with van der Waals surface area (Å²) in [5, 5.41) is 8.35. The molecular weight excluding hydrogens is 662 g/mol. The van der Waals surface area contributed by atoms with Gasteiger partial charge in [-0.3, -0.25) is 19.2 Å². The molecule has 1 aliphatic heterocycles. The molecule has 0 radical (unpaired) electrons. The van der Waals surface area contributed by atoms with Crippen molar-refractivity contribution >= 4 is 35.5 Å². The summed E-state index contributed by atoms with van der Waals surface area (Å²) < 4.78 is 5.56. The van der Waals surface area contributed by atoms with Crippen LogP contribution in [0.1, 0.15) is 161 Å². The number of likely N-dealkylation sites (tertiary alicyclic amines) is 1. The molecule has 1 saturated heterocycles. The second kappa shape index (κ2) is 22.1. The van der Waals surface area contributed by atoms with E-state index in [1.165, 1.54) is 4.90 Å². The van der Waals surface area contributed by atoms with E-state index in [0.29, 0.717) is 38.6 Å². The van der Waals surface area contributed by atoms with Crippen molar-refractivity contribution in [2.24, 2.45) is 28.4 Å². The van der Waals surface area contributed by atoms with E-state index < -0.39 is 70.2 Å². The third-order valence-corrected chi connectivity index (χ3v) is 9.26. The van der Waals surface area contributed by atoms with Gasteiger partial charge >= 0.3 is 12.0 Å². The first-order chi connectivity index (χ1) is 24.1. The third-order valence-electron chi connectivity index (χ3n) is 9.26. The summed E-state index contributed by atoms with van der Waals surface area (Å²) in [5.74, 6) is -2.34. The number of nitrogens with two attached hydrogens (primary N) is 1. The Balaban J connectivity index is 0.00000298. The van der Waals surface area contributed by atoms with Crippen molar-refractivity contribution < 1.29 is 33.5 Å². The van der Waals surface area contributed by atoms with Crippen molar-refractivity contribution in [3.63, 3.8) is 0 Å². The molecule has 4 unspecified atom stereocenters. The van der Waals surface area contributed by atoms with Gasteiger partial charge < -0.3 is 31.3 Å². The zero-order valence-electron chi connectivity index (χ0n) is 35.1. The largest absolute Gasteiger partial charge is 0.458 e. The second-order valence-corrected chi connectivity index (χ2v) is 17.0. The highest BCUT2D eigenvalue weighted by molar-refractivity contribution is 6.37. The highest BCUT2D eigenvalue weighted by Crippen LogP contribution is 2.42. The maximum atomic E-state index is 14.2. The van der Waals surface area contributed by atoms with Crippen molar-refractivity contribution in [1.82, 2.24) is 20.9 Å². The molecule has 0 spiro atoms. The average molecular weight is 738 g/mol. The van der Waals surface area contributed by atoms with E-state index in [1.807, 2.05) is 55.4 Å². The quantitative estimate of drug-likeness (QED) is 0.140. The van der Waals surface area contributed by atoms with Crippen LogP contribution in [-0.2, 0) is 28.7 Å². The van der Waals surface area contributed by atoms with Crippen LogP contribution in [0.3, 0.4) is 0 Å². The van der Waals surface area contributed by atoms with Gasteiger partial charge in [-0.1, -0.05) is 108 Å². The molecule has 12 heteroatoms. The van der Waals surface area contributed by atoms with Crippen molar-refractivity contribution in [1.29, 1.82) is 0 Å². The molecule has 2 saturated carbocycles. The van der Waals surface area contributed by atoms with Crippen LogP contribution < -0.4 is 21.7 Å². The SMILES string of the molecule is CC.CC.CC(C)(C)OC(=O)C(NC(=O)NC(C(=O)N1CCCC1C(=O)NC(CC1CCC1)C(=O)C(N)=O)C1(C)CCCC1)C(C)(C)C.CC(C)C. The Bertz CT molecular complexity index is 1160. The smallest absolute Gasteiger partial charge is 0.329 e. The number of nitrogens with one attached hydrogen (secondary N) is 3. The van der Waals surface area contributed by atoms with Gasteiger partial charge in [0.2, 0.25) is 17.6 Å². The van der Waals surface area contributed by atoms with E-state index >= 15 is 0 Å². The minimum absolute atomic E-state index is 0.233. The first kappa shape index (κ1) is 48.8. The van der Waals surface area contributed by atoms with Crippen molar-refractivity contribution in [3.05, 3.63) is 0 Å². The van der Waals surface area contributed by atoms with Gasteiger partial charge in [-0.15, -0.1) is 0 Å². The minimum atomic E-state index is -1.10. The molecule has 0 aromatic carbocycles. The number of nitrogens with zero attached hydrogens (tertiary/aromatic N) is 1. The number of carbonyl (C=O) groups excluding carboxylic acids is 6. The normalized spacial score (nSPS) is 19.8. The van der Waals surface area contributed by atoms with Gasteiger partial charge in [0.05, 0.1) is 6.04 Å². The molecule has 1 heterocycles. The lowest BCUT2D eigenvalue weighted by atomic mass is 9.79. The maximum Gasteiger partial charge on any atom is 0.329 e. The Morgan fingerprint density at radius 3 is 1.75 bits per heavy atom. The summed E-state index contributed by atoms with van der Waals surface area (Å²) in [6.45, 7) is 27.5. The Morgan fingerprint density at radius 1 is 0.808 bits per heavy atom. The molecule has 5 N–H and O–H groups in total. The van der Waals surface area contributed by atoms with E-state index in [4.69, 9.17) is 10.5 Å². The topological polar surface area (TPSA) is 177 Å². The number of urea groups is 1. The van der Waals surface area contributed by atoms with E-state index in [0.717, 1.165) is 38.0 Å². The molecule has 3 fully saturated rings. The molecule has 0 aromatic heterocycles. The van der Waals surface area contributed by atoms with E-state index in [-0.39, 0.29) is 11.8 Å². The number of hydrogen-bond donors (Lipinski definition) is 4. The molecular formula is C40H75N5O7. The van der Waals surface area contributed by atoms with Crippen molar-refractivity contribution in [2.75, 3.05) is 6.54 Å². The van der Waals surface area contributed by atoms with Crippen LogP contribution in [0.5, 0.6) is 0 Å². The number of amides is 5. The second-order valence-electron chi connectivity index (χ2n) is 17.0. The molecule has 0 aromatic rings. The van der Waals surface area contributed by atoms with Crippen LogP contribution in [-0.4, -0.2) is 76.7 Å². The third kappa shape index (κ3) is 15.8. The summed E-state index contributed by atoms with van der Waals surface area (Å²) in [6.07, 6.45) is 7.38. The van der Waals surface area contributed by atoms with E-state index in [1.54, 1.807) is 20.8 Å². The fourth-order valence-corrected chi connectivity index (χ4v) is 6.50. The summed E-state index contributed by atoms with van der Waals surface area (Å²) in [6, 6.07) is -4.48. The number of primary amides is 1. The van der Waals surface area contributed by atoms with Crippen LogP contribution in [0.4, 0.5) is 4.79 Å². The van der Waals surface area contributed by atoms with Gasteiger partial charge in [0.25, 0.3) is 5.91 Å². The lowest BCUT2D eigenvalue weighted by Crippen LogP contribution is -2.62. The lowest BCUT2D eigenvalue weighted by Gasteiger charge is -2.38. The van der Waals surface area contributed by atoms with Gasteiger partial charge in [-0.05, 0) is 75.5 Å². The Hall–Kier alpha value is -3.18. The molecule has 52 heavy (non-hydrogen) atoms. The average Bonchev–Trinajstić information content (AvgIpc) is 3.69. The number of Topliss-reactive ketones (excluding diaryl/α,β-unsaturated/α-hetero) is 1. The Labute approximate surface area is 315 Å². The fourth-order valence-electron chi connectivity index (χ4n) is 6.50. The number of rotatable bonds is 11. The molecule has 3 rings (SSSR count). The highest BCUT2D eigenvalue weighted by Gasteiger charge is 2.48. The molecule has 12 nitrogen and oxygen atoms in total. The molecule has 5 amide bonds. The Morgan fingerprint density at radius 2 is 1.33 bits per heavy atom. The van der Waals surface area contributed by atoms with Gasteiger partial charge in [-0.2, -0.15) is 0 Å². The van der Waals surface area contributed by atoms with Crippen LogP contribution >= 0.6 is 0 Å². The molecule has 0 bridgehead atoms. The molecule has 3 aliphatic rings. The predicted molar refractivity (Wildman–Crippen MR) is 207 cm³/mol.